The summed E-state index contributed by atoms with van der Waals surface area (Å²) in [5.41, 5.74) is -2.05. The molecule has 14 heteroatoms. The van der Waals surface area contributed by atoms with E-state index in [0.29, 0.717) is 17.8 Å². The van der Waals surface area contributed by atoms with Crippen molar-refractivity contribution < 1.29 is 38.1 Å². The first-order valence-electron chi connectivity index (χ1n) is 13.4. The number of rotatable bonds is 5. The van der Waals surface area contributed by atoms with Crippen molar-refractivity contribution in [3.63, 3.8) is 0 Å². The summed E-state index contributed by atoms with van der Waals surface area (Å²) in [4.78, 5) is 60.8. The molecule has 42 heavy (non-hydrogen) atoms. The number of ether oxygens (including phenoxy) is 4. The van der Waals surface area contributed by atoms with Crippen LogP contribution in [0.15, 0.2) is 10.8 Å². The normalized spacial score (nSPS) is 23.8. The average Bonchev–Trinajstić information content (AvgIpc) is 3.52. The van der Waals surface area contributed by atoms with E-state index in [9.17, 15) is 19.2 Å². The molecule has 0 fully saturated rings. The van der Waals surface area contributed by atoms with Crippen LogP contribution in [0, 0.1) is 11.3 Å². The first-order valence-corrected chi connectivity index (χ1v) is 15.9. The summed E-state index contributed by atoms with van der Waals surface area (Å²) in [6.07, 6.45) is -1.70. The molecule has 0 saturated carbocycles. The number of cyclic esters (lactones) is 3. The lowest BCUT2D eigenvalue weighted by Gasteiger charge is -2.31. The van der Waals surface area contributed by atoms with Crippen molar-refractivity contribution in [3.05, 3.63) is 32.2 Å². The zero-order chi connectivity index (χ0) is 31.6. The monoisotopic (exact) mass is 662 g/mol. The SMILES string of the molecule is CC(=O)O[C@@H]1c2nc(cs2)C(=O)O[C@@H](CCCC(C)(Cl)Cl)[C@H](C)C(=O)O[C@@H](C(C)(C)C)c2nc(cs2)C(=O)OC1(C)C. The number of esters is 4. The Hall–Kier alpha value is -2.28. The highest BCUT2D eigenvalue weighted by atomic mass is 35.5. The zero-order valence-electron chi connectivity index (χ0n) is 24.8. The quantitative estimate of drug-likeness (QED) is 0.187. The number of fused-ring (bicyclic) bond motifs is 4. The number of alkyl halides is 2. The van der Waals surface area contributed by atoms with Crippen LogP contribution in [0.3, 0.4) is 0 Å². The smallest absolute Gasteiger partial charge is 0.358 e. The molecular weight excluding hydrogens is 627 g/mol. The molecule has 232 valence electrons. The summed E-state index contributed by atoms with van der Waals surface area (Å²) >= 11 is 14.5. The lowest BCUT2D eigenvalue weighted by Crippen LogP contribution is -2.37. The highest BCUT2D eigenvalue weighted by Gasteiger charge is 2.42. The average molecular weight is 664 g/mol. The van der Waals surface area contributed by atoms with Gasteiger partial charge in [-0.1, -0.05) is 20.8 Å². The number of carbonyl (C=O) groups is 4. The second-order valence-corrected chi connectivity index (χ2v) is 15.6. The molecule has 0 radical (unpaired) electrons. The molecule has 1 aliphatic rings. The molecule has 0 aliphatic carbocycles. The lowest BCUT2D eigenvalue weighted by molar-refractivity contribution is -0.164. The highest BCUT2D eigenvalue weighted by Crippen LogP contribution is 2.40. The molecule has 1 aliphatic heterocycles. The van der Waals surface area contributed by atoms with Crippen molar-refractivity contribution in [2.75, 3.05) is 0 Å². The maximum Gasteiger partial charge on any atom is 0.358 e. The Morgan fingerprint density at radius 2 is 1.57 bits per heavy atom. The highest BCUT2D eigenvalue weighted by molar-refractivity contribution is 7.10. The van der Waals surface area contributed by atoms with Crippen LogP contribution in [0.1, 0.15) is 118 Å². The molecule has 0 aromatic carbocycles. The number of hydrogen-bond donors (Lipinski definition) is 0. The van der Waals surface area contributed by atoms with Gasteiger partial charge in [0.1, 0.15) is 20.5 Å². The van der Waals surface area contributed by atoms with Gasteiger partial charge in [0, 0.05) is 23.1 Å². The fourth-order valence-electron chi connectivity index (χ4n) is 4.20. The van der Waals surface area contributed by atoms with Crippen LogP contribution in [0.25, 0.3) is 0 Å². The van der Waals surface area contributed by atoms with Crippen LogP contribution >= 0.6 is 45.9 Å². The third-order valence-corrected chi connectivity index (χ3v) is 8.65. The van der Waals surface area contributed by atoms with Crippen molar-refractivity contribution in [2.24, 2.45) is 11.3 Å². The van der Waals surface area contributed by atoms with Gasteiger partial charge in [0.05, 0.1) is 5.92 Å². The van der Waals surface area contributed by atoms with Crippen LogP contribution in [-0.4, -0.2) is 49.9 Å². The molecule has 0 amide bonds. The minimum absolute atomic E-state index is 0.00808. The first-order chi connectivity index (χ1) is 19.3. The number of halogens is 2. The molecule has 2 aromatic heterocycles. The zero-order valence-corrected chi connectivity index (χ0v) is 28.0. The van der Waals surface area contributed by atoms with Gasteiger partial charge in [-0.3, -0.25) is 9.59 Å². The van der Waals surface area contributed by atoms with Gasteiger partial charge in [-0.25, -0.2) is 19.6 Å². The van der Waals surface area contributed by atoms with Gasteiger partial charge in [-0.2, -0.15) is 0 Å². The fourth-order valence-corrected chi connectivity index (χ4v) is 6.51. The van der Waals surface area contributed by atoms with Gasteiger partial charge in [0.25, 0.3) is 0 Å². The minimum Gasteiger partial charge on any atom is -0.457 e. The third kappa shape index (κ3) is 8.87. The fraction of sp³-hybridized carbons (Fsp3) is 0.643. The Bertz CT molecular complexity index is 1310. The summed E-state index contributed by atoms with van der Waals surface area (Å²) < 4.78 is 22.1. The van der Waals surface area contributed by atoms with Crippen molar-refractivity contribution in [1.29, 1.82) is 0 Å². The molecule has 4 atom stereocenters. The van der Waals surface area contributed by atoms with Crippen LogP contribution in [0.4, 0.5) is 0 Å². The summed E-state index contributed by atoms with van der Waals surface area (Å²) in [5.74, 6) is -3.65. The van der Waals surface area contributed by atoms with E-state index >= 15 is 0 Å². The summed E-state index contributed by atoms with van der Waals surface area (Å²) in [6.45, 7) is 13.3. The Balaban J connectivity index is 2.09. The predicted octanol–water partition coefficient (Wildman–Crippen LogP) is 7.01. The molecule has 4 bridgehead atoms. The van der Waals surface area contributed by atoms with Gasteiger partial charge < -0.3 is 18.9 Å². The molecule has 0 unspecified atom stereocenters. The van der Waals surface area contributed by atoms with Crippen LogP contribution < -0.4 is 0 Å². The van der Waals surface area contributed by atoms with Crippen molar-refractivity contribution >= 4 is 69.8 Å². The van der Waals surface area contributed by atoms with Crippen LogP contribution in [0.5, 0.6) is 0 Å². The Morgan fingerprint density at radius 1 is 1.00 bits per heavy atom. The number of carbonyl (C=O) groups excluding carboxylic acids is 4. The Labute approximate surface area is 263 Å². The maximum absolute atomic E-state index is 13.5. The molecule has 3 heterocycles. The summed E-state index contributed by atoms with van der Waals surface area (Å²) in [7, 11) is 0. The van der Waals surface area contributed by atoms with Gasteiger partial charge in [-0.05, 0) is 47.0 Å². The number of thiazole rings is 2. The standard InChI is InChI=1S/C28H36Cl2N2O8S2/c1-14-18(10-9-11-28(8,29)30)38-24(35)16-12-42-22(31-16)20(37-15(2)33)27(6,7)40-25(36)17-13-41-21(32-17)19(26(3,4)5)39-23(14)34/h12-14,18-20H,9-11H2,1-8H3/t14-,18-,19+,20+/m0/s1. The number of hydrogen-bond acceptors (Lipinski definition) is 12. The molecule has 3 rings (SSSR count). The number of nitrogens with zero attached hydrogens (tertiary/aromatic N) is 2. The topological polar surface area (TPSA) is 131 Å². The molecular formula is C28H36Cl2N2O8S2. The minimum atomic E-state index is -1.40. The maximum atomic E-state index is 13.5. The number of aromatic nitrogens is 2. The Morgan fingerprint density at radius 3 is 2.14 bits per heavy atom. The van der Waals surface area contributed by atoms with Gasteiger partial charge in [0.15, 0.2) is 29.2 Å². The third-order valence-electron chi connectivity index (χ3n) is 6.49. The van der Waals surface area contributed by atoms with Crippen molar-refractivity contribution in [2.45, 2.75) is 103 Å². The van der Waals surface area contributed by atoms with Gasteiger partial charge >= 0.3 is 23.9 Å². The van der Waals surface area contributed by atoms with E-state index in [-0.39, 0.29) is 22.8 Å². The molecule has 0 saturated heterocycles. The summed E-state index contributed by atoms with van der Waals surface area (Å²) in [6, 6.07) is 0. The van der Waals surface area contributed by atoms with Gasteiger partial charge in [0.2, 0.25) is 0 Å². The van der Waals surface area contributed by atoms with E-state index in [1.54, 1.807) is 27.7 Å². The van der Waals surface area contributed by atoms with Crippen molar-refractivity contribution in [1.82, 2.24) is 9.97 Å². The van der Waals surface area contributed by atoms with E-state index in [1.807, 2.05) is 20.8 Å². The van der Waals surface area contributed by atoms with E-state index < -0.39 is 63.5 Å². The molecule has 10 nitrogen and oxygen atoms in total. The van der Waals surface area contributed by atoms with E-state index in [1.165, 1.54) is 17.7 Å². The van der Waals surface area contributed by atoms with Gasteiger partial charge in [-0.15, -0.1) is 45.9 Å². The Kier molecular flexibility index (Phi) is 10.7. The van der Waals surface area contributed by atoms with E-state index in [4.69, 9.17) is 42.1 Å². The van der Waals surface area contributed by atoms with Crippen LogP contribution in [-0.2, 0) is 28.5 Å². The largest absolute Gasteiger partial charge is 0.457 e. The van der Waals surface area contributed by atoms with E-state index in [2.05, 4.69) is 9.97 Å². The molecule has 2 aromatic rings. The first kappa shape index (κ1) is 34.2. The van der Waals surface area contributed by atoms with Crippen LogP contribution in [0.2, 0.25) is 0 Å². The molecule has 0 N–H and O–H groups in total. The summed E-state index contributed by atoms with van der Waals surface area (Å²) in [5, 5.41) is 3.59. The predicted molar refractivity (Wildman–Crippen MR) is 159 cm³/mol. The van der Waals surface area contributed by atoms with E-state index in [0.717, 1.165) is 22.7 Å². The second kappa shape index (κ2) is 13.2. The second-order valence-electron chi connectivity index (χ2n) is 12.0. The lowest BCUT2D eigenvalue weighted by atomic mass is 9.89. The molecule has 0 spiro atoms. The van der Waals surface area contributed by atoms with Crippen molar-refractivity contribution in [3.8, 4) is 0 Å².